The van der Waals surface area contributed by atoms with Gasteiger partial charge in [0.25, 0.3) is 0 Å². The third-order valence-electron chi connectivity index (χ3n) is 7.43. The van der Waals surface area contributed by atoms with Gasteiger partial charge in [0.15, 0.2) is 5.17 Å². The number of carbonyl (C=O) groups excluding carboxylic acids is 1. The van der Waals surface area contributed by atoms with Gasteiger partial charge in [0, 0.05) is 31.3 Å². The van der Waals surface area contributed by atoms with Gasteiger partial charge in [0.05, 0.1) is 24.7 Å². The SMILES string of the molecule is O=C(O)CC1=C(c2ccc3sc4ccccc4c3c2)N=C2SC(=O)/C(=C\c3ccccc3)CN2C1c1ccccc1. The van der Waals surface area contributed by atoms with E-state index >= 15 is 0 Å². The number of carbonyl (C=O) groups is 2. The Bertz CT molecular complexity index is 1920. The Morgan fingerprint density at radius 2 is 1.61 bits per heavy atom. The Labute approximate surface area is 245 Å². The fraction of sp³-hybridized carbons (Fsp3) is 0.0882. The molecular weight excluding hydrogens is 549 g/mol. The van der Waals surface area contributed by atoms with Crippen LogP contribution in [-0.4, -0.2) is 32.8 Å². The lowest BCUT2D eigenvalue weighted by atomic mass is 9.89. The first-order valence-corrected chi connectivity index (χ1v) is 14.9. The third kappa shape index (κ3) is 4.77. The first-order chi connectivity index (χ1) is 20.0. The minimum atomic E-state index is -0.917. The number of thioether (sulfide) groups is 1. The minimum Gasteiger partial charge on any atom is -0.481 e. The second kappa shape index (κ2) is 10.5. The van der Waals surface area contributed by atoms with Crippen LogP contribution >= 0.6 is 23.1 Å². The molecule has 2 aliphatic heterocycles. The van der Waals surface area contributed by atoms with Crippen LogP contribution in [0.2, 0.25) is 0 Å². The molecule has 0 aliphatic carbocycles. The number of nitrogens with zero attached hydrogens (tertiary/aromatic N) is 2. The van der Waals surface area contributed by atoms with Crippen LogP contribution in [0.4, 0.5) is 0 Å². The summed E-state index contributed by atoms with van der Waals surface area (Å²) in [6.45, 7) is 0.337. The molecule has 1 saturated heterocycles. The molecule has 0 radical (unpaired) electrons. The van der Waals surface area contributed by atoms with Crippen molar-refractivity contribution in [2.75, 3.05) is 6.54 Å². The molecule has 1 unspecified atom stereocenters. The lowest BCUT2D eigenvalue weighted by molar-refractivity contribution is -0.136. The van der Waals surface area contributed by atoms with E-state index in [0.29, 0.717) is 28.6 Å². The number of carboxylic acid groups (broad SMARTS) is 1. The van der Waals surface area contributed by atoms with Crippen LogP contribution in [0.5, 0.6) is 0 Å². The molecule has 1 N–H and O–H groups in total. The largest absolute Gasteiger partial charge is 0.481 e. The molecular formula is C34H24N2O3S2. The molecule has 4 aromatic carbocycles. The summed E-state index contributed by atoms with van der Waals surface area (Å²) in [7, 11) is 0. The number of carboxylic acids is 1. The third-order valence-corrected chi connectivity index (χ3v) is 9.54. The Morgan fingerprint density at radius 1 is 0.902 bits per heavy atom. The molecule has 0 saturated carbocycles. The number of rotatable bonds is 5. The molecule has 41 heavy (non-hydrogen) atoms. The quantitative estimate of drug-likeness (QED) is 0.216. The molecule has 3 heterocycles. The fourth-order valence-corrected chi connectivity index (χ4v) is 7.57. The minimum absolute atomic E-state index is 0.0454. The smallest absolute Gasteiger partial charge is 0.307 e. The molecule has 5 nitrogen and oxygen atoms in total. The highest BCUT2D eigenvalue weighted by atomic mass is 32.2. The number of aliphatic carboxylic acids is 1. The Morgan fingerprint density at radius 3 is 2.39 bits per heavy atom. The Kier molecular flexibility index (Phi) is 6.53. The highest BCUT2D eigenvalue weighted by molar-refractivity contribution is 8.26. The van der Waals surface area contributed by atoms with Crippen LogP contribution in [0.25, 0.3) is 31.9 Å². The van der Waals surface area contributed by atoms with Crippen LogP contribution in [-0.2, 0) is 9.59 Å². The summed E-state index contributed by atoms with van der Waals surface area (Å²) in [5, 5.41) is 12.9. The van der Waals surface area contributed by atoms with E-state index < -0.39 is 5.97 Å². The van der Waals surface area contributed by atoms with Crippen molar-refractivity contribution < 1.29 is 14.7 Å². The van der Waals surface area contributed by atoms with Crippen molar-refractivity contribution in [3.63, 3.8) is 0 Å². The average Bonchev–Trinajstić information content (AvgIpc) is 3.36. The number of fused-ring (bicyclic) bond motifs is 4. The zero-order valence-corrected chi connectivity index (χ0v) is 23.5. The molecule has 200 valence electrons. The average molecular weight is 573 g/mol. The number of thiophene rings is 1. The number of benzene rings is 4. The van der Waals surface area contributed by atoms with Gasteiger partial charge in [-0.25, -0.2) is 4.99 Å². The molecule has 7 heteroatoms. The van der Waals surface area contributed by atoms with Gasteiger partial charge in [-0.15, -0.1) is 11.3 Å². The van der Waals surface area contributed by atoms with E-state index in [1.54, 1.807) is 11.3 Å². The van der Waals surface area contributed by atoms with Gasteiger partial charge in [0.2, 0.25) is 5.12 Å². The van der Waals surface area contributed by atoms with Crippen LogP contribution in [0.1, 0.15) is 29.2 Å². The van der Waals surface area contributed by atoms with E-state index in [4.69, 9.17) is 4.99 Å². The van der Waals surface area contributed by atoms with Crippen molar-refractivity contribution in [3.8, 4) is 0 Å². The molecule has 0 bridgehead atoms. The monoisotopic (exact) mass is 572 g/mol. The molecule has 5 aromatic rings. The van der Waals surface area contributed by atoms with E-state index in [-0.39, 0.29) is 17.6 Å². The normalized spacial score (nSPS) is 18.2. The zero-order chi connectivity index (χ0) is 27.9. The molecule has 1 aromatic heterocycles. The van der Waals surface area contributed by atoms with Gasteiger partial charge in [0.1, 0.15) is 0 Å². The second-order valence-corrected chi connectivity index (χ2v) is 12.1. The summed E-state index contributed by atoms with van der Waals surface area (Å²) in [4.78, 5) is 32.8. The predicted molar refractivity (Wildman–Crippen MR) is 169 cm³/mol. The van der Waals surface area contributed by atoms with Gasteiger partial charge in [-0.1, -0.05) is 84.9 Å². The highest BCUT2D eigenvalue weighted by Crippen LogP contribution is 2.46. The van der Waals surface area contributed by atoms with Crippen molar-refractivity contribution in [3.05, 3.63) is 131 Å². The topological polar surface area (TPSA) is 70.0 Å². The molecule has 1 atom stereocenters. The van der Waals surface area contributed by atoms with Crippen molar-refractivity contribution in [2.24, 2.45) is 4.99 Å². The maximum atomic E-state index is 13.4. The van der Waals surface area contributed by atoms with E-state index in [0.717, 1.165) is 43.9 Å². The van der Waals surface area contributed by atoms with Crippen LogP contribution < -0.4 is 0 Å². The fourth-order valence-electron chi connectivity index (χ4n) is 5.63. The predicted octanol–water partition coefficient (Wildman–Crippen LogP) is 8.01. The maximum Gasteiger partial charge on any atom is 0.307 e. The second-order valence-electron chi connectivity index (χ2n) is 10.1. The van der Waals surface area contributed by atoms with E-state index in [2.05, 4.69) is 29.2 Å². The zero-order valence-electron chi connectivity index (χ0n) is 21.9. The van der Waals surface area contributed by atoms with Gasteiger partial charge in [-0.2, -0.15) is 0 Å². The van der Waals surface area contributed by atoms with Crippen molar-refractivity contribution in [1.82, 2.24) is 4.90 Å². The summed E-state index contributed by atoms with van der Waals surface area (Å²) in [5.74, 6) is -0.917. The van der Waals surface area contributed by atoms with Gasteiger partial charge in [-0.05, 0) is 52.7 Å². The van der Waals surface area contributed by atoms with E-state index in [1.807, 2.05) is 84.9 Å². The van der Waals surface area contributed by atoms with Crippen molar-refractivity contribution >= 4 is 71.3 Å². The Hall–Kier alpha value is -4.46. The number of hydrogen-bond donors (Lipinski definition) is 1. The molecule has 0 amide bonds. The molecule has 1 fully saturated rings. The first-order valence-electron chi connectivity index (χ1n) is 13.3. The molecule has 7 rings (SSSR count). The summed E-state index contributed by atoms with van der Waals surface area (Å²) in [6, 6.07) is 33.8. The number of hydrogen-bond acceptors (Lipinski definition) is 6. The first kappa shape index (κ1) is 25.5. The summed E-state index contributed by atoms with van der Waals surface area (Å²) in [6.07, 6.45) is 1.75. The van der Waals surface area contributed by atoms with E-state index in [9.17, 15) is 14.7 Å². The summed E-state index contributed by atoms with van der Waals surface area (Å²) >= 11 is 2.85. The van der Waals surface area contributed by atoms with Gasteiger partial charge < -0.3 is 10.0 Å². The van der Waals surface area contributed by atoms with E-state index in [1.165, 1.54) is 4.70 Å². The molecule has 0 spiro atoms. The maximum absolute atomic E-state index is 13.4. The van der Waals surface area contributed by atoms with Crippen LogP contribution in [0, 0.1) is 0 Å². The van der Waals surface area contributed by atoms with Crippen LogP contribution in [0.15, 0.2) is 119 Å². The van der Waals surface area contributed by atoms with Crippen LogP contribution in [0.3, 0.4) is 0 Å². The molecule has 2 aliphatic rings. The lowest BCUT2D eigenvalue weighted by Gasteiger charge is -2.41. The highest BCUT2D eigenvalue weighted by Gasteiger charge is 2.39. The number of amidine groups is 1. The van der Waals surface area contributed by atoms with Crippen molar-refractivity contribution in [1.29, 1.82) is 0 Å². The Balaban J connectivity index is 1.41. The lowest BCUT2D eigenvalue weighted by Crippen LogP contribution is -2.43. The van der Waals surface area contributed by atoms with Gasteiger partial charge >= 0.3 is 5.97 Å². The van der Waals surface area contributed by atoms with Gasteiger partial charge in [-0.3, -0.25) is 9.59 Å². The van der Waals surface area contributed by atoms with Crippen molar-refractivity contribution in [2.45, 2.75) is 12.5 Å². The summed E-state index contributed by atoms with van der Waals surface area (Å²) in [5.41, 5.74) is 4.75. The standard InChI is InChI=1S/C34H24N2O3S2/c37-30(38)19-27-31(23-15-16-29-26(18-23)25-13-7-8-14-28(25)40-29)35-34-36(32(27)22-11-5-2-6-12-22)20-24(33(39)41-34)17-21-9-3-1-4-10-21/h1-18,32H,19-20H2,(H,37,38)/b24-17-. The number of aliphatic imine (C=N–C) groups is 1. The summed E-state index contributed by atoms with van der Waals surface area (Å²) < 4.78 is 2.37.